The average Bonchev–Trinajstić information content (AvgIpc) is 1.64. The van der Waals surface area contributed by atoms with Gasteiger partial charge in [-0.1, -0.05) is 6.07 Å². The van der Waals surface area contributed by atoms with E-state index in [0.29, 0.717) is 0 Å². The van der Waals surface area contributed by atoms with Crippen LogP contribution in [0, 0.1) is 0 Å². The van der Waals surface area contributed by atoms with E-state index in [-0.39, 0.29) is 41.1 Å². The second kappa shape index (κ2) is 3.77. The molecule has 2 N–H and O–H groups in total. The summed E-state index contributed by atoms with van der Waals surface area (Å²) in [6.45, 7) is 0. The van der Waals surface area contributed by atoms with Crippen molar-refractivity contribution < 1.29 is 10.2 Å². The summed E-state index contributed by atoms with van der Waals surface area (Å²) in [5.41, 5.74) is 0. The van der Waals surface area contributed by atoms with Gasteiger partial charge in [0.05, 0.1) is 0 Å². The molecule has 0 aliphatic rings. The van der Waals surface area contributed by atoms with E-state index in [0.717, 1.165) is 0 Å². The van der Waals surface area contributed by atoms with Crippen LogP contribution in [0.2, 0.25) is 0 Å². The Balaban J connectivity index is 0.000000640. The molecule has 0 saturated heterocycles. The van der Waals surface area contributed by atoms with Gasteiger partial charge in [-0.2, -0.15) is 0 Å². The van der Waals surface area contributed by atoms with Crippen LogP contribution in [-0.2, 0) is 0 Å². The molecule has 0 aliphatic heterocycles. The van der Waals surface area contributed by atoms with Crippen molar-refractivity contribution in [2.75, 3.05) is 0 Å². The Kier molecular flexibility index (Phi) is 3.70. The number of aromatic hydroxyl groups is 2. The van der Waals surface area contributed by atoms with Gasteiger partial charge in [0.2, 0.25) is 0 Å². The van der Waals surface area contributed by atoms with Crippen molar-refractivity contribution in [3.05, 3.63) is 24.3 Å². The molecule has 0 spiro atoms. The summed E-state index contributed by atoms with van der Waals surface area (Å²) in [6, 6.07) is 5.85. The van der Waals surface area contributed by atoms with E-state index in [1.807, 2.05) is 0 Å². The van der Waals surface area contributed by atoms with Gasteiger partial charge >= 0.3 is 29.6 Å². The molecule has 0 fully saturated rings. The molecule has 0 unspecified atom stereocenters. The van der Waals surface area contributed by atoms with Crippen molar-refractivity contribution >= 4 is 29.6 Å². The summed E-state index contributed by atoms with van der Waals surface area (Å²) >= 11 is 0. The van der Waals surface area contributed by atoms with Gasteiger partial charge in [0.25, 0.3) is 0 Å². The minimum absolute atomic E-state index is 0. The number of rotatable bonds is 0. The van der Waals surface area contributed by atoms with Gasteiger partial charge in [-0.15, -0.1) is 0 Å². The standard InChI is InChI=1S/C6H6O2.Na.H/c7-5-2-1-3-6(8)4-5;;/h1-4,7-8H;;. The van der Waals surface area contributed by atoms with Gasteiger partial charge in [-0.3, -0.25) is 0 Å². The third kappa shape index (κ3) is 2.75. The molecule has 0 amide bonds. The number of phenolic OH excluding ortho intramolecular Hbond substituents is 2. The second-order valence-corrected chi connectivity index (χ2v) is 1.52. The van der Waals surface area contributed by atoms with Crippen LogP contribution >= 0.6 is 0 Å². The van der Waals surface area contributed by atoms with E-state index in [1.54, 1.807) is 6.07 Å². The van der Waals surface area contributed by atoms with Crippen LogP contribution in [0.4, 0.5) is 0 Å². The average molecular weight is 134 g/mol. The second-order valence-electron chi connectivity index (χ2n) is 1.52. The zero-order valence-electron chi connectivity index (χ0n) is 4.20. The summed E-state index contributed by atoms with van der Waals surface area (Å²) in [6.07, 6.45) is 0. The maximum absolute atomic E-state index is 8.65. The molecule has 0 aliphatic carbocycles. The number of benzene rings is 1. The van der Waals surface area contributed by atoms with E-state index >= 15 is 0 Å². The third-order valence-electron chi connectivity index (χ3n) is 0.830. The SMILES string of the molecule is Oc1cccc(O)c1.[NaH]. The van der Waals surface area contributed by atoms with Gasteiger partial charge in [-0.25, -0.2) is 0 Å². The van der Waals surface area contributed by atoms with Crippen molar-refractivity contribution in [3.8, 4) is 11.5 Å². The Hall–Kier alpha value is -0.180. The van der Waals surface area contributed by atoms with Crippen LogP contribution in [0.5, 0.6) is 11.5 Å². The number of phenols is 2. The molecule has 0 saturated carbocycles. The molecular weight excluding hydrogens is 127 g/mol. The quantitative estimate of drug-likeness (QED) is 0.506. The topological polar surface area (TPSA) is 40.5 Å². The third-order valence-corrected chi connectivity index (χ3v) is 0.830. The van der Waals surface area contributed by atoms with Crippen molar-refractivity contribution in [1.82, 2.24) is 0 Å². The predicted octanol–water partition coefficient (Wildman–Crippen LogP) is 0.449. The summed E-state index contributed by atoms with van der Waals surface area (Å²) in [5, 5.41) is 17.3. The van der Waals surface area contributed by atoms with E-state index in [1.165, 1.54) is 18.2 Å². The first-order chi connectivity index (χ1) is 3.79. The fraction of sp³-hybridized carbons (Fsp3) is 0. The van der Waals surface area contributed by atoms with Crippen LogP contribution in [0.15, 0.2) is 24.3 Å². The van der Waals surface area contributed by atoms with E-state index < -0.39 is 0 Å². The minimum atomic E-state index is 0. The van der Waals surface area contributed by atoms with E-state index in [4.69, 9.17) is 10.2 Å². The monoisotopic (exact) mass is 134 g/mol. The molecule has 1 aromatic carbocycles. The molecule has 1 rings (SSSR count). The summed E-state index contributed by atoms with van der Waals surface area (Å²) in [5.74, 6) is 0.176. The van der Waals surface area contributed by atoms with Gasteiger partial charge in [0.1, 0.15) is 11.5 Å². The Morgan fingerprint density at radius 1 is 1.00 bits per heavy atom. The predicted molar refractivity (Wildman–Crippen MR) is 36.9 cm³/mol. The molecule has 2 nitrogen and oxygen atoms in total. The summed E-state index contributed by atoms with van der Waals surface area (Å²) in [4.78, 5) is 0. The van der Waals surface area contributed by atoms with Crippen molar-refractivity contribution in [2.45, 2.75) is 0 Å². The Morgan fingerprint density at radius 2 is 1.44 bits per heavy atom. The van der Waals surface area contributed by atoms with Crippen LogP contribution in [0.3, 0.4) is 0 Å². The Labute approximate surface area is 75.4 Å². The van der Waals surface area contributed by atoms with Crippen LogP contribution in [-0.4, -0.2) is 39.8 Å². The Bertz CT molecular complexity index is 171. The zero-order valence-corrected chi connectivity index (χ0v) is 4.20. The van der Waals surface area contributed by atoms with Crippen molar-refractivity contribution in [1.29, 1.82) is 0 Å². The zero-order chi connectivity index (χ0) is 5.98. The Morgan fingerprint density at radius 3 is 1.67 bits per heavy atom. The molecule has 3 heteroatoms. The first-order valence-electron chi connectivity index (χ1n) is 2.27. The molecule has 1 aromatic rings. The molecule has 0 aromatic heterocycles. The molecule has 0 bridgehead atoms. The first kappa shape index (κ1) is 8.82. The maximum atomic E-state index is 8.65. The van der Waals surface area contributed by atoms with Crippen LogP contribution in [0.1, 0.15) is 0 Å². The van der Waals surface area contributed by atoms with Crippen LogP contribution < -0.4 is 0 Å². The fourth-order valence-corrected chi connectivity index (χ4v) is 0.493. The van der Waals surface area contributed by atoms with Crippen molar-refractivity contribution in [2.24, 2.45) is 0 Å². The van der Waals surface area contributed by atoms with Gasteiger partial charge < -0.3 is 10.2 Å². The molecular formula is C6H7NaO2. The van der Waals surface area contributed by atoms with Crippen molar-refractivity contribution in [3.63, 3.8) is 0 Å². The number of hydrogen-bond acceptors (Lipinski definition) is 2. The van der Waals surface area contributed by atoms with Gasteiger partial charge in [-0.05, 0) is 12.1 Å². The van der Waals surface area contributed by atoms with Crippen LogP contribution in [0.25, 0.3) is 0 Å². The van der Waals surface area contributed by atoms with Gasteiger partial charge in [0, 0.05) is 6.07 Å². The normalized spacial score (nSPS) is 8.00. The molecule has 0 heterocycles. The fourth-order valence-electron chi connectivity index (χ4n) is 0.493. The molecule has 9 heavy (non-hydrogen) atoms. The van der Waals surface area contributed by atoms with Gasteiger partial charge in [0.15, 0.2) is 0 Å². The molecule has 44 valence electrons. The molecule has 0 radical (unpaired) electrons. The first-order valence-corrected chi connectivity index (χ1v) is 2.27. The summed E-state index contributed by atoms with van der Waals surface area (Å²) in [7, 11) is 0. The molecule has 0 atom stereocenters. The number of hydrogen-bond donors (Lipinski definition) is 2. The summed E-state index contributed by atoms with van der Waals surface area (Å²) < 4.78 is 0. The van der Waals surface area contributed by atoms with E-state index in [2.05, 4.69) is 0 Å². The van der Waals surface area contributed by atoms with E-state index in [9.17, 15) is 0 Å².